The molecular weight excluding hydrogens is 1100 g/mol. The summed E-state index contributed by atoms with van der Waals surface area (Å²) >= 11 is 0. The Hall–Kier alpha value is -4.40. The SMILES string of the molecule is C=CCO[C@@H]1[C@H](OCC=C)[C@@H](OP(=O)(OCOC(C)=O)OCOC(C)=O)[C@H](OP(=O)(OCOC(C)=O)OCOC(C)=O)[C@@H](OP(=O)(OCOC(C)=O)OCOC(C)=O)[C@@H]1OP(=O)(OCOC(C)=O)OCOC(C)=O. The van der Waals surface area contributed by atoms with Crippen molar-refractivity contribution in [3.05, 3.63) is 25.3 Å². The highest BCUT2D eigenvalue weighted by Gasteiger charge is 2.62. The Morgan fingerprint density at radius 2 is 0.459 bits per heavy atom. The maximum atomic E-state index is 14.8. The molecule has 424 valence electrons. The first-order chi connectivity index (χ1) is 34.6. The topological polar surface area (TPSA) is 408 Å². The minimum absolute atomic E-state index is 0.640. The standard InChI is InChI=1S/C36H56O34P4/c1-11-13-49-31-32(50-14-12-2)34(68-72(46,61-17-53-25(5)39)62-18-54-26(6)40)36(70-74(48,65-21-57-29(9)43)66-22-58-30(10)44)35(69-73(47,63-19-55-27(7)41)64-20-56-28(8)42)33(31)67-71(45,59-15-51-23(3)37)60-16-52-24(4)38/h11-12,31-36H,1-2,13-22H2,3-10H3/t31-,32+,33-,34-,35+,36+/m1/s1. The molecule has 0 saturated heterocycles. The Morgan fingerprint density at radius 1 is 0.311 bits per heavy atom. The number of carbonyl (C=O) groups is 8. The van der Waals surface area contributed by atoms with Crippen LogP contribution in [0.4, 0.5) is 0 Å². The first-order valence-electron chi connectivity index (χ1n) is 20.4. The monoisotopic (exact) mass is 1160 g/mol. The van der Waals surface area contributed by atoms with Gasteiger partial charge in [0.1, 0.15) is 36.6 Å². The number of phosphoric ester groups is 4. The number of hydrogen-bond acceptors (Lipinski definition) is 34. The molecule has 0 aromatic carbocycles. The van der Waals surface area contributed by atoms with Crippen molar-refractivity contribution in [2.75, 3.05) is 67.6 Å². The second-order valence-corrected chi connectivity index (χ2v) is 19.8. The Balaban J connectivity index is 4.81. The molecule has 1 fully saturated rings. The van der Waals surface area contributed by atoms with Crippen molar-refractivity contribution in [3.8, 4) is 0 Å². The van der Waals surface area contributed by atoms with E-state index >= 15 is 0 Å². The van der Waals surface area contributed by atoms with Gasteiger partial charge in [-0.15, -0.1) is 13.2 Å². The van der Waals surface area contributed by atoms with Crippen LogP contribution in [0.25, 0.3) is 0 Å². The molecule has 1 aliphatic rings. The highest BCUT2D eigenvalue weighted by Crippen LogP contribution is 2.62. The van der Waals surface area contributed by atoms with E-state index in [2.05, 4.69) is 13.2 Å². The summed E-state index contributed by atoms with van der Waals surface area (Å²) in [5.74, 6) is -8.47. The van der Waals surface area contributed by atoms with Gasteiger partial charge < -0.3 is 47.4 Å². The number of carbonyl (C=O) groups excluding carboxylic acids is 8. The van der Waals surface area contributed by atoms with Crippen molar-refractivity contribution in [1.82, 2.24) is 0 Å². The van der Waals surface area contributed by atoms with E-state index in [4.69, 9.17) is 102 Å². The summed E-state index contributed by atoms with van der Waals surface area (Å²) in [5.41, 5.74) is 0. The summed E-state index contributed by atoms with van der Waals surface area (Å²) in [6.45, 7) is 2.36. The maximum absolute atomic E-state index is 14.8. The second kappa shape index (κ2) is 34.3. The van der Waals surface area contributed by atoms with Crippen molar-refractivity contribution < 1.29 is 158 Å². The lowest BCUT2D eigenvalue weighted by molar-refractivity contribution is -0.236. The third-order valence-corrected chi connectivity index (χ3v) is 12.9. The Bertz CT molecular complexity index is 1860. The predicted molar refractivity (Wildman–Crippen MR) is 232 cm³/mol. The molecule has 0 amide bonds. The number of ether oxygens (including phenoxy) is 10. The molecule has 38 heteroatoms. The van der Waals surface area contributed by atoms with E-state index in [-0.39, 0.29) is 0 Å². The Morgan fingerprint density at radius 3 is 0.595 bits per heavy atom. The fourth-order valence-corrected chi connectivity index (χ4v) is 9.11. The molecule has 0 bridgehead atoms. The minimum atomic E-state index is -5.74. The summed E-state index contributed by atoms with van der Waals surface area (Å²) in [7, 11) is -22.7. The van der Waals surface area contributed by atoms with Gasteiger partial charge >= 0.3 is 79.0 Å². The van der Waals surface area contributed by atoms with E-state index in [1.54, 1.807) is 0 Å². The van der Waals surface area contributed by atoms with Crippen molar-refractivity contribution in [3.63, 3.8) is 0 Å². The number of phosphoric acid groups is 4. The van der Waals surface area contributed by atoms with Crippen molar-refractivity contribution in [2.24, 2.45) is 0 Å². The zero-order valence-electron chi connectivity index (χ0n) is 40.8. The fraction of sp³-hybridized carbons (Fsp3) is 0.667. The molecule has 0 aliphatic heterocycles. The summed E-state index contributed by atoms with van der Waals surface area (Å²) in [6, 6.07) is 0. The molecule has 0 heterocycles. The second-order valence-electron chi connectivity index (χ2n) is 13.3. The van der Waals surface area contributed by atoms with Gasteiger partial charge in [0.2, 0.25) is 54.3 Å². The van der Waals surface area contributed by atoms with Crippen LogP contribution in [0.1, 0.15) is 55.4 Å². The van der Waals surface area contributed by atoms with Gasteiger partial charge in [-0.2, -0.15) is 0 Å². The molecule has 1 rings (SSSR count). The third kappa shape index (κ3) is 27.9. The van der Waals surface area contributed by atoms with Crippen LogP contribution in [-0.4, -0.2) is 152 Å². The molecule has 0 unspecified atom stereocenters. The van der Waals surface area contributed by atoms with Crippen molar-refractivity contribution >= 4 is 79.0 Å². The Kier molecular flexibility index (Phi) is 31.3. The average molecular weight is 1160 g/mol. The van der Waals surface area contributed by atoms with Gasteiger partial charge in [-0.25, -0.2) is 54.5 Å². The lowest BCUT2D eigenvalue weighted by atomic mass is 9.84. The van der Waals surface area contributed by atoms with Gasteiger partial charge in [-0.3, -0.25) is 56.5 Å². The highest BCUT2D eigenvalue weighted by molar-refractivity contribution is 7.49. The molecule has 1 aliphatic carbocycles. The quantitative estimate of drug-likeness (QED) is 0.0281. The highest BCUT2D eigenvalue weighted by atomic mass is 31.2. The first-order valence-corrected chi connectivity index (χ1v) is 26.3. The number of rotatable bonds is 38. The normalized spacial score (nSPS) is 19.0. The molecule has 0 aromatic heterocycles. The Labute approximate surface area is 421 Å². The van der Waals surface area contributed by atoms with Gasteiger partial charge in [-0.1, -0.05) is 12.2 Å². The van der Waals surface area contributed by atoms with Crippen molar-refractivity contribution in [1.29, 1.82) is 0 Å². The lowest BCUT2D eigenvalue weighted by Crippen LogP contribution is -2.67. The van der Waals surface area contributed by atoms with Crippen LogP contribution in [0.3, 0.4) is 0 Å². The van der Waals surface area contributed by atoms with E-state index in [0.717, 1.165) is 67.5 Å². The molecular formula is C36H56O34P4. The summed E-state index contributed by atoms with van der Waals surface area (Å²) in [6.07, 6.45) is -12.9. The molecule has 74 heavy (non-hydrogen) atoms. The van der Waals surface area contributed by atoms with Gasteiger partial charge in [0.25, 0.3) is 0 Å². The van der Waals surface area contributed by atoms with E-state index in [1.807, 2.05) is 0 Å². The third-order valence-electron chi connectivity index (χ3n) is 7.54. The van der Waals surface area contributed by atoms with E-state index in [0.29, 0.717) is 0 Å². The van der Waals surface area contributed by atoms with Crippen LogP contribution < -0.4 is 0 Å². The lowest BCUT2D eigenvalue weighted by Gasteiger charge is -2.49. The molecule has 0 radical (unpaired) electrons. The van der Waals surface area contributed by atoms with E-state index in [1.165, 1.54) is 0 Å². The molecule has 0 N–H and O–H groups in total. The summed E-state index contributed by atoms with van der Waals surface area (Å²) in [5, 5.41) is 0. The van der Waals surface area contributed by atoms with E-state index in [9.17, 15) is 56.6 Å². The predicted octanol–water partition coefficient (Wildman–Crippen LogP) is 3.41. The molecule has 0 spiro atoms. The van der Waals surface area contributed by atoms with Crippen LogP contribution in [0, 0.1) is 0 Å². The van der Waals surface area contributed by atoms with Crippen LogP contribution in [0.5, 0.6) is 0 Å². The minimum Gasteiger partial charge on any atom is -0.438 e. The zero-order valence-corrected chi connectivity index (χ0v) is 44.4. The fourth-order valence-electron chi connectivity index (χ4n) is 4.72. The first kappa shape index (κ1) is 67.6. The number of hydrogen-bond donors (Lipinski definition) is 0. The van der Waals surface area contributed by atoms with Crippen LogP contribution >= 0.6 is 31.3 Å². The van der Waals surface area contributed by atoms with Gasteiger partial charge in [0, 0.05) is 55.4 Å². The van der Waals surface area contributed by atoms with E-state index < -0.39 is 183 Å². The number of esters is 8. The summed E-state index contributed by atoms with van der Waals surface area (Å²) in [4.78, 5) is 94.4. The van der Waals surface area contributed by atoms with Gasteiger partial charge in [-0.05, 0) is 0 Å². The molecule has 34 nitrogen and oxygen atoms in total. The van der Waals surface area contributed by atoms with Crippen LogP contribution in [0.2, 0.25) is 0 Å². The molecule has 0 aromatic rings. The molecule has 1 saturated carbocycles. The zero-order chi connectivity index (χ0) is 56.1. The van der Waals surface area contributed by atoms with Crippen LogP contribution in [-0.2, 0) is 158 Å². The van der Waals surface area contributed by atoms with Crippen LogP contribution in [0.15, 0.2) is 25.3 Å². The smallest absolute Gasteiger partial charge is 0.438 e. The largest absolute Gasteiger partial charge is 0.481 e. The molecule has 6 atom stereocenters. The summed E-state index contributed by atoms with van der Waals surface area (Å²) < 4.78 is 174. The van der Waals surface area contributed by atoms with Gasteiger partial charge in [0.05, 0.1) is 13.2 Å². The average Bonchev–Trinajstić information content (AvgIpc) is 3.26. The van der Waals surface area contributed by atoms with Gasteiger partial charge in [0.15, 0.2) is 0 Å². The van der Waals surface area contributed by atoms with Crippen molar-refractivity contribution in [2.45, 2.75) is 92.0 Å². The maximum Gasteiger partial charge on any atom is 0.481 e.